The number of alkyl halides is 1. The third kappa shape index (κ3) is 3.86. The SMILES string of the molecule is COc1ccc(CC(Br)c2ccc(C(C)(C)C)s2)cc1. The summed E-state index contributed by atoms with van der Waals surface area (Å²) in [5.41, 5.74) is 1.55. The molecule has 1 aromatic heterocycles. The van der Waals surface area contributed by atoms with Gasteiger partial charge in [0.05, 0.1) is 11.9 Å². The van der Waals surface area contributed by atoms with Gasteiger partial charge in [0, 0.05) is 9.75 Å². The quantitative estimate of drug-likeness (QED) is 0.638. The minimum absolute atomic E-state index is 0.232. The zero-order valence-corrected chi connectivity index (χ0v) is 14.8. The van der Waals surface area contributed by atoms with E-state index < -0.39 is 0 Å². The van der Waals surface area contributed by atoms with Crippen molar-refractivity contribution in [1.82, 2.24) is 0 Å². The third-order valence-corrected chi connectivity index (χ3v) is 5.99. The van der Waals surface area contributed by atoms with Crippen LogP contribution in [0.25, 0.3) is 0 Å². The van der Waals surface area contributed by atoms with Crippen molar-refractivity contribution in [3.05, 3.63) is 51.7 Å². The van der Waals surface area contributed by atoms with Crippen LogP contribution in [-0.4, -0.2) is 7.11 Å². The van der Waals surface area contributed by atoms with Crippen LogP contribution in [0.5, 0.6) is 5.75 Å². The number of ether oxygens (including phenoxy) is 1. The number of halogens is 1. The van der Waals surface area contributed by atoms with E-state index in [4.69, 9.17) is 4.74 Å². The van der Waals surface area contributed by atoms with E-state index in [1.54, 1.807) is 7.11 Å². The molecular weight excluding hydrogens is 332 g/mol. The number of thiophene rings is 1. The molecule has 2 aromatic rings. The fourth-order valence-electron chi connectivity index (χ4n) is 1.99. The summed E-state index contributed by atoms with van der Waals surface area (Å²) >= 11 is 5.72. The van der Waals surface area contributed by atoms with Crippen LogP contribution in [0.3, 0.4) is 0 Å². The standard InChI is InChI=1S/C17H21BrOS/c1-17(2,3)16-10-9-15(20-16)14(18)11-12-5-7-13(19-4)8-6-12/h5-10,14H,11H2,1-4H3. The van der Waals surface area contributed by atoms with Crippen molar-refractivity contribution in [1.29, 1.82) is 0 Å². The van der Waals surface area contributed by atoms with Crippen LogP contribution in [0.1, 0.15) is 40.9 Å². The molecule has 0 fully saturated rings. The van der Waals surface area contributed by atoms with E-state index in [2.05, 4.69) is 61.0 Å². The van der Waals surface area contributed by atoms with E-state index in [0.29, 0.717) is 4.83 Å². The van der Waals surface area contributed by atoms with Crippen LogP contribution in [0, 0.1) is 0 Å². The summed E-state index contributed by atoms with van der Waals surface area (Å²) in [6, 6.07) is 12.8. The Morgan fingerprint density at radius 2 is 1.75 bits per heavy atom. The number of methoxy groups -OCH3 is 1. The summed E-state index contributed by atoms with van der Waals surface area (Å²) in [5.74, 6) is 0.908. The summed E-state index contributed by atoms with van der Waals surface area (Å²) in [5, 5.41) is 0. The lowest BCUT2D eigenvalue weighted by Gasteiger charge is -2.15. The Hall–Kier alpha value is -0.800. The number of rotatable bonds is 4. The van der Waals surface area contributed by atoms with Crippen molar-refractivity contribution < 1.29 is 4.74 Å². The van der Waals surface area contributed by atoms with Crippen molar-refractivity contribution in [2.24, 2.45) is 0 Å². The normalized spacial score (nSPS) is 13.2. The molecule has 3 heteroatoms. The van der Waals surface area contributed by atoms with Crippen LogP contribution < -0.4 is 4.74 Å². The minimum atomic E-state index is 0.232. The first-order valence-electron chi connectivity index (χ1n) is 6.77. The molecule has 2 rings (SSSR count). The maximum atomic E-state index is 5.19. The first-order chi connectivity index (χ1) is 9.40. The van der Waals surface area contributed by atoms with Crippen LogP contribution >= 0.6 is 27.3 Å². The Bertz CT molecular complexity index is 551. The molecule has 0 saturated heterocycles. The van der Waals surface area contributed by atoms with Gasteiger partial charge >= 0.3 is 0 Å². The second-order valence-corrected chi connectivity index (χ2v) is 8.19. The molecule has 0 radical (unpaired) electrons. The Kier molecular flexibility index (Phi) is 4.92. The van der Waals surface area contributed by atoms with E-state index in [0.717, 1.165) is 12.2 Å². The molecule has 108 valence electrons. The van der Waals surface area contributed by atoms with E-state index in [9.17, 15) is 0 Å². The van der Waals surface area contributed by atoms with Gasteiger partial charge in [-0.25, -0.2) is 0 Å². The second kappa shape index (κ2) is 6.31. The number of hydrogen-bond acceptors (Lipinski definition) is 2. The van der Waals surface area contributed by atoms with Gasteiger partial charge in [-0.2, -0.15) is 0 Å². The van der Waals surface area contributed by atoms with Crippen LogP contribution in [-0.2, 0) is 11.8 Å². The summed E-state index contributed by atoms with van der Waals surface area (Å²) < 4.78 is 5.19. The highest BCUT2D eigenvalue weighted by Gasteiger charge is 2.18. The van der Waals surface area contributed by atoms with E-state index >= 15 is 0 Å². The first kappa shape index (κ1) is 15.6. The van der Waals surface area contributed by atoms with Gasteiger partial charge in [-0.3, -0.25) is 0 Å². The third-order valence-electron chi connectivity index (χ3n) is 3.25. The fourth-order valence-corrected chi connectivity index (χ4v) is 3.84. The van der Waals surface area contributed by atoms with Gasteiger partial charge in [0.25, 0.3) is 0 Å². The lowest BCUT2D eigenvalue weighted by atomic mass is 9.95. The molecule has 1 heterocycles. The lowest BCUT2D eigenvalue weighted by Crippen LogP contribution is -2.07. The maximum Gasteiger partial charge on any atom is 0.118 e. The molecule has 0 bridgehead atoms. The van der Waals surface area contributed by atoms with Crippen molar-refractivity contribution in [3.63, 3.8) is 0 Å². The topological polar surface area (TPSA) is 9.23 Å². The van der Waals surface area contributed by atoms with Gasteiger partial charge in [0.1, 0.15) is 5.75 Å². The van der Waals surface area contributed by atoms with E-state index in [1.165, 1.54) is 15.3 Å². The Morgan fingerprint density at radius 3 is 2.25 bits per heavy atom. The average Bonchev–Trinajstić information content (AvgIpc) is 2.89. The maximum absolute atomic E-state index is 5.19. The fraction of sp³-hybridized carbons (Fsp3) is 0.412. The zero-order chi connectivity index (χ0) is 14.8. The summed E-state index contributed by atoms with van der Waals surface area (Å²) in [4.78, 5) is 3.20. The smallest absolute Gasteiger partial charge is 0.118 e. The highest BCUT2D eigenvalue weighted by atomic mass is 79.9. The van der Waals surface area contributed by atoms with E-state index in [-0.39, 0.29) is 5.41 Å². The largest absolute Gasteiger partial charge is 0.497 e. The molecule has 1 atom stereocenters. The zero-order valence-electron chi connectivity index (χ0n) is 12.4. The molecule has 1 unspecified atom stereocenters. The van der Waals surface area contributed by atoms with Crippen molar-refractivity contribution in [3.8, 4) is 5.75 Å². The van der Waals surface area contributed by atoms with Crippen LogP contribution in [0.4, 0.5) is 0 Å². The Balaban J connectivity index is 2.07. The van der Waals surface area contributed by atoms with Crippen molar-refractivity contribution >= 4 is 27.3 Å². The minimum Gasteiger partial charge on any atom is -0.497 e. The van der Waals surface area contributed by atoms with Gasteiger partial charge in [0.15, 0.2) is 0 Å². The molecule has 0 aliphatic rings. The average molecular weight is 353 g/mol. The molecule has 20 heavy (non-hydrogen) atoms. The van der Waals surface area contributed by atoms with Crippen molar-refractivity contribution in [2.75, 3.05) is 7.11 Å². The molecule has 0 N–H and O–H groups in total. The number of hydrogen-bond donors (Lipinski definition) is 0. The highest BCUT2D eigenvalue weighted by Crippen LogP contribution is 2.37. The Morgan fingerprint density at radius 1 is 1.10 bits per heavy atom. The van der Waals surface area contributed by atoms with Crippen LogP contribution in [0.2, 0.25) is 0 Å². The second-order valence-electron chi connectivity index (χ2n) is 5.97. The van der Waals surface area contributed by atoms with Crippen molar-refractivity contribution in [2.45, 2.75) is 37.4 Å². The lowest BCUT2D eigenvalue weighted by molar-refractivity contribution is 0.414. The summed E-state index contributed by atoms with van der Waals surface area (Å²) in [6.45, 7) is 6.78. The van der Waals surface area contributed by atoms with Gasteiger partial charge < -0.3 is 4.74 Å². The first-order valence-corrected chi connectivity index (χ1v) is 8.50. The number of benzene rings is 1. The summed E-state index contributed by atoms with van der Waals surface area (Å²) in [7, 11) is 1.70. The predicted octanol–water partition coefficient (Wildman–Crippen LogP) is 5.73. The molecule has 0 spiro atoms. The van der Waals surface area contributed by atoms with E-state index in [1.807, 2.05) is 23.5 Å². The Labute approximate surface area is 134 Å². The van der Waals surface area contributed by atoms with Gasteiger partial charge in [0.2, 0.25) is 0 Å². The summed E-state index contributed by atoms with van der Waals surface area (Å²) in [6.07, 6.45) is 0.994. The molecule has 0 saturated carbocycles. The van der Waals surface area contributed by atoms with Gasteiger partial charge in [-0.15, -0.1) is 11.3 Å². The predicted molar refractivity (Wildman–Crippen MR) is 91.4 cm³/mol. The molecule has 1 nitrogen and oxygen atoms in total. The van der Waals surface area contributed by atoms with Gasteiger partial charge in [-0.05, 0) is 41.7 Å². The molecule has 0 amide bonds. The molecule has 1 aromatic carbocycles. The van der Waals surface area contributed by atoms with Gasteiger partial charge in [-0.1, -0.05) is 48.8 Å². The highest BCUT2D eigenvalue weighted by molar-refractivity contribution is 9.09. The molecule has 0 aliphatic carbocycles. The van der Waals surface area contributed by atoms with Crippen LogP contribution in [0.15, 0.2) is 36.4 Å². The monoisotopic (exact) mass is 352 g/mol. The molecule has 0 aliphatic heterocycles. The molecular formula is C17H21BrOS.